The second-order valence-electron chi connectivity index (χ2n) is 7.31. The van der Waals surface area contributed by atoms with Crippen LogP contribution in [0, 0.1) is 0 Å². The van der Waals surface area contributed by atoms with Crippen LogP contribution in [-0.4, -0.2) is 82.0 Å². The fourth-order valence-electron chi connectivity index (χ4n) is 3.23. The van der Waals surface area contributed by atoms with E-state index in [0.717, 1.165) is 6.29 Å². The Balaban J connectivity index is 1.71. The van der Waals surface area contributed by atoms with Gasteiger partial charge in [-0.1, -0.05) is 11.6 Å². The van der Waals surface area contributed by atoms with Crippen molar-refractivity contribution in [3.8, 4) is 11.6 Å². The normalized spacial score (nSPS) is 12.5. The van der Waals surface area contributed by atoms with Gasteiger partial charge in [0, 0.05) is 25.4 Å². The highest BCUT2D eigenvalue weighted by molar-refractivity contribution is 6.32. The van der Waals surface area contributed by atoms with Crippen molar-refractivity contribution in [2.75, 3.05) is 38.7 Å². The number of benzene rings is 1. The number of nitrogens with zero attached hydrogens (tertiary/aromatic N) is 4. The van der Waals surface area contributed by atoms with E-state index in [9.17, 15) is 15.0 Å². The maximum atomic E-state index is 10.9. The summed E-state index contributed by atoms with van der Waals surface area (Å²) in [5.41, 5.74) is 1.56. The van der Waals surface area contributed by atoms with Crippen molar-refractivity contribution in [3.63, 3.8) is 0 Å². The summed E-state index contributed by atoms with van der Waals surface area (Å²) in [7, 11) is 1.77. The van der Waals surface area contributed by atoms with Crippen LogP contribution in [0.5, 0.6) is 11.6 Å². The van der Waals surface area contributed by atoms with Crippen molar-refractivity contribution in [3.05, 3.63) is 35.1 Å². The first-order valence-corrected chi connectivity index (χ1v) is 10.9. The number of carbonyl (C=O) groups is 1. The summed E-state index contributed by atoms with van der Waals surface area (Å²) in [4.78, 5) is 28.4. The first kappa shape index (κ1) is 24.4. The zero-order valence-corrected chi connectivity index (χ0v) is 19.2. The predicted octanol–water partition coefficient (Wildman–Crippen LogP) is 2.76. The number of rotatable bonds is 12. The van der Waals surface area contributed by atoms with Gasteiger partial charge < -0.3 is 30.0 Å². The van der Waals surface area contributed by atoms with Crippen molar-refractivity contribution in [1.82, 2.24) is 19.9 Å². The van der Waals surface area contributed by atoms with Gasteiger partial charge in [-0.2, -0.15) is 0 Å². The van der Waals surface area contributed by atoms with Gasteiger partial charge in [0.25, 0.3) is 0 Å². The average molecular weight is 475 g/mol. The summed E-state index contributed by atoms with van der Waals surface area (Å²) in [6.45, 7) is 3.35. The lowest BCUT2D eigenvalue weighted by atomic mass is 10.2. The highest BCUT2D eigenvalue weighted by Gasteiger charge is 2.15. The van der Waals surface area contributed by atoms with E-state index in [4.69, 9.17) is 16.3 Å². The van der Waals surface area contributed by atoms with E-state index in [1.54, 1.807) is 30.1 Å². The largest absolute Gasteiger partial charge is 0.494 e. The molecule has 0 saturated carbocycles. The molecule has 0 spiro atoms. The molecule has 0 radical (unpaired) electrons. The van der Waals surface area contributed by atoms with Gasteiger partial charge in [-0.25, -0.2) is 9.97 Å². The van der Waals surface area contributed by atoms with Crippen LogP contribution in [0.1, 0.15) is 18.9 Å². The molecule has 3 aromatic rings. The summed E-state index contributed by atoms with van der Waals surface area (Å²) in [5, 5.41) is 23.8. The zero-order chi connectivity index (χ0) is 23.8. The number of aldehydes is 1. The number of aliphatic imine (C=N–C) groups is 1. The molecule has 33 heavy (non-hydrogen) atoms. The van der Waals surface area contributed by atoms with Gasteiger partial charge in [-0.3, -0.25) is 9.89 Å². The lowest BCUT2D eigenvalue weighted by molar-refractivity contribution is -0.113. The molecule has 3 rings (SSSR count). The summed E-state index contributed by atoms with van der Waals surface area (Å²) >= 11 is 6.26. The molecule has 0 aliphatic carbocycles. The SMILES string of the molecule is CCNc1ncnc2[nH]c(O)c(C=Nc3ccc(Cl)c(OCCCN(C)[C@@H](C=O)CO)c3)c12. The van der Waals surface area contributed by atoms with E-state index in [0.29, 0.717) is 65.0 Å². The molecule has 2 heterocycles. The number of aromatic nitrogens is 3. The van der Waals surface area contributed by atoms with Crippen molar-refractivity contribution < 1.29 is 19.7 Å². The monoisotopic (exact) mass is 474 g/mol. The minimum Gasteiger partial charge on any atom is -0.494 e. The molecule has 0 aliphatic rings. The van der Waals surface area contributed by atoms with Gasteiger partial charge in [0.2, 0.25) is 0 Å². The number of halogens is 1. The maximum absolute atomic E-state index is 10.9. The number of H-pyrrole nitrogens is 1. The lowest BCUT2D eigenvalue weighted by Crippen LogP contribution is -2.37. The highest BCUT2D eigenvalue weighted by Crippen LogP contribution is 2.32. The number of aliphatic hydroxyl groups is 1. The molecule has 176 valence electrons. The van der Waals surface area contributed by atoms with Crippen molar-refractivity contribution in [2.24, 2.45) is 4.99 Å². The van der Waals surface area contributed by atoms with E-state index in [2.05, 4.69) is 25.3 Å². The van der Waals surface area contributed by atoms with E-state index in [1.165, 1.54) is 12.5 Å². The van der Waals surface area contributed by atoms with Crippen LogP contribution in [0.2, 0.25) is 5.02 Å². The third-order valence-corrected chi connectivity index (χ3v) is 5.35. The highest BCUT2D eigenvalue weighted by atomic mass is 35.5. The molecule has 0 fully saturated rings. The van der Waals surface area contributed by atoms with E-state index in [-0.39, 0.29) is 12.5 Å². The number of hydrogen-bond acceptors (Lipinski definition) is 9. The van der Waals surface area contributed by atoms with Crippen LogP contribution in [0.15, 0.2) is 29.5 Å². The van der Waals surface area contributed by atoms with Gasteiger partial charge in [-0.15, -0.1) is 0 Å². The Morgan fingerprint density at radius 3 is 2.94 bits per heavy atom. The molecule has 10 nitrogen and oxygen atoms in total. The van der Waals surface area contributed by atoms with Gasteiger partial charge in [0.05, 0.1) is 40.9 Å². The smallest absolute Gasteiger partial charge is 0.199 e. The van der Waals surface area contributed by atoms with Gasteiger partial charge in [-0.05, 0) is 32.5 Å². The van der Waals surface area contributed by atoms with Crippen LogP contribution >= 0.6 is 11.6 Å². The Labute approximate surface area is 196 Å². The first-order chi connectivity index (χ1) is 16.0. The number of aromatic amines is 1. The van der Waals surface area contributed by atoms with Crippen molar-refractivity contribution in [1.29, 1.82) is 0 Å². The second kappa shape index (κ2) is 11.6. The molecule has 4 N–H and O–H groups in total. The Kier molecular flexibility index (Phi) is 8.58. The molecule has 0 amide bonds. The second-order valence-corrected chi connectivity index (χ2v) is 7.71. The number of likely N-dealkylation sites (N-methyl/N-ethyl adjacent to an activating group) is 1. The zero-order valence-electron chi connectivity index (χ0n) is 18.5. The fraction of sp³-hybridized carbons (Fsp3) is 0.364. The number of ether oxygens (including phenoxy) is 1. The van der Waals surface area contributed by atoms with Gasteiger partial charge >= 0.3 is 0 Å². The molecular formula is C22H27ClN6O4. The molecule has 0 bridgehead atoms. The summed E-state index contributed by atoms with van der Waals surface area (Å²) < 4.78 is 5.79. The first-order valence-electron chi connectivity index (χ1n) is 10.5. The van der Waals surface area contributed by atoms with Crippen LogP contribution in [0.4, 0.5) is 11.5 Å². The Bertz CT molecular complexity index is 1120. The van der Waals surface area contributed by atoms with E-state index >= 15 is 0 Å². The standard InChI is InChI=1S/C22H27ClN6O4/c1-3-24-20-19-16(22(32)28-21(19)27-13-26-20)10-25-14-5-6-17(23)18(9-14)33-8-4-7-29(2)15(11-30)12-31/h5-6,9-11,13,15,31-32H,3-4,7-8,12H2,1-2H3,(H2,24,26,27,28)/t15-/m0/s1. The van der Waals surface area contributed by atoms with Crippen LogP contribution < -0.4 is 10.1 Å². The van der Waals surface area contributed by atoms with E-state index in [1.807, 2.05) is 6.92 Å². The Hall–Kier alpha value is -3.21. The number of anilines is 1. The number of carbonyl (C=O) groups excluding carboxylic acids is 1. The Morgan fingerprint density at radius 1 is 1.39 bits per heavy atom. The number of fused-ring (bicyclic) bond motifs is 1. The minimum absolute atomic E-state index is 0.0560. The predicted molar refractivity (Wildman–Crippen MR) is 128 cm³/mol. The average Bonchev–Trinajstić information content (AvgIpc) is 3.13. The molecule has 0 saturated heterocycles. The fourth-order valence-corrected chi connectivity index (χ4v) is 3.40. The molecule has 2 aromatic heterocycles. The molecular weight excluding hydrogens is 448 g/mol. The number of aromatic hydroxyl groups is 1. The summed E-state index contributed by atoms with van der Waals surface area (Å²) in [6.07, 6.45) is 4.31. The molecule has 0 unspecified atom stereocenters. The van der Waals surface area contributed by atoms with Crippen LogP contribution in [-0.2, 0) is 4.79 Å². The Morgan fingerprint density at radius 2 is 2.21 bits per heavy atom. The van der Waals surface area contributed by atoms with Crippen molar-refractivity contribution in [2.45, 2.75) is 19.4 Å². The van der Waals surface area contributed by atoms with Crippen LogP contribution in [0.25, 0.3) is 11.0 Å². The number of aliphatic hydroxyl groups excluding tert-OH is 1. The lowest BCUT2D eigenvalue weighted by Gasteiger charge is -2.21. The third kappa shape index (κ3) is 5.98. The van der Waals surface area contributed by atoms with Gasteiger partial charge in [0.15, 0.2) is 5.88 Å². The molecule has 1 aromatic carbocycles. The molecule has 0 aliphatic heterocycles. The van der Waals surface area contributed by atoms with E-state index < -0.39 is 6.04 Å². The van der Waals surface area contributed by atoms with Crippen LogP contribution in [0.3, 0.4) is 0 Å². The third-order valence-electron chi connectivity index (χ3n) is 5.03. The summed E-state index contributed by atoms with van der Waals surface area (Å²) in [5.74, 6) is 1.02. The minimum atomic E-state index is -0.523. The molecule has 11 heteroatoms. The maximum Gasteiger partial charge on any atom is 0.199 e. The number of nitrogens with one attached hydrogen (secondary N) is 2. The summed E-state index contributed by atoms with van der Waals surface area (Å²) in [6, 6.07) is 4.61. The number of hydrogen-bond donors (Lipinski definition) is 4. The quantitative estimate of drug-likeness (QED) is 0.179. The molecule has 1 atom stereocenters. The van der Waals surface area contributed by atoms with Gasteiger partial charge in [0.1, 0.15) is 29.8 Å². The van der Waals surface area contributed by atoms with Crippen molar-refractivity contribution >= 4 is 46.6 Å². The topological polar surface area (TPSA) is 136 Å².